The maximum absolute atomic E-state index is 12.1. The topological polar surface area (TPSA) is 80.9 Å². The third-order valence-corrected chi connectivity index (χ3v) is 4.33. The van der Waals surface area contributed by atoms with Gasteiger partial charge in [-0.05, 0) is 25.0 Å². The molecule has 6 heteroatoms. The molecule has 0 aromatic carbocycles. The Balaban J connectivity index is 1.70. The highest BCUT2D eigenvalue weighted by atomic mass is 32.1. The molecule has 1 aliphatic rings. The Morgan fingerprint density at radius 2 is 2.25 bits per heavy atom. The van der Waals surface area contributed by atoms with Gasteiger partial charge < -0.3 is 11.1 Å². The van der Waals surface area contributed by atoms with Crippen LogP contribution in [0, 0.1) is 5.92 Å². The number of nitrogens with two attached hydrogens (primary N) is 1. The van der Waals surface area contributed by atoms with E-state index in [9.17, 15) is 4.79 Å². The number of anilines is 1. The van der Waals surface area contributed by atoms with Gasteiger partial charge >= 0.3 is 0 Å². The van der Waals surface area contributed by atoms with Gasteiger partial charge in [-0.3, -0.25) is 9.78 Å². The second-order valence-corrected chi connectivity index (χ2v) is 5.80. The maximum Gasteiger partial charge on any atom is 0.230 e. The summed E-state index contributed by atoms with van der Waals surface area (Å²) in [6.45, 7) is 0. The number of carbonyl (C=O) groups is 1. The Labute approximate surface area is 121 Å². The van der Waals surface area contributed by atoms with Gasteiger partial charge in [0.1, 0.15) is 5.69 Å². The molecule has 2 atom stereocenters. The molecular weight excluding hydrogens is 272 g/mol. The summed E-state index contributed by atoms with van der Waals surface area (Å²) in [5.41, 5.74) is 7.53. The van der Waals surface area contributed by atoms with Crippen molar-refractivity contribution >= 4 is 22.4 Å². The van der Waals surface area contributed by atoms with Gasteiger partial charge in [0.25, 0.3) is 0 Å². The standard InChI is InChI=1S/C14H16N4OS/c15-10-5-3-4-9(10)13(19)18-14-17-12(8-20-14)11-6-1-2-7-16-11/h1-2,6-10H,3-5,15H2,(H,17,18,19). The number of carbonyl (C=O) groups excluding carboxylic acids is 1. The van der Waals surface area contributed by atoms with Crippen LogP contribution in [0.15, 0.2) is 29.8 Å². The number of pyridine rings is 1. The Bertz CT molecular complexity index is 598. The predicted octanol–water partition coefficient (Wildman–Crippen LogP) is 2.27. The number of nitrogens with one attached hydrogen (secondary N) is 1. The molecule has 20 heavy (non-hydrogen) atoms. The summed E-state index contributed by atoms with van der Waals surface area (Å²) < 4.78 is 0. The Morgan fingerprint density at radius 1 is 1.35 bits per heavy atom. The van der Waals surface area contributed by atoms with Crippen molar-refractivity contribution in [2.45, 2.75) is 25.3 Å². The Morgan fingerprint density at radius 3 is 2.95 bits per heavy atom. The first-order chi connectivity index (χ1) is 9.74. The molecule has 2 aromatic heterocycles. The van der Waals surface area contributed by atoms with E-state index in [1.807, 2.05) is 23.6 Å². The third kappa shape index (κ3) is 2.71. The number of rotatable bonds is 3. The van der Waals surface area contributed by atoms with Crippen LogP contribution < -0.4 is 11.1 Å². The molecule has 2 heterocycles. The van der Waals surface area contributed by atoms with Crippen molar-refractivity contribution in [2.24, 2.45) is 11.7 Å². The van der Waals surface area contributed by atoms with Crippen LogP contribution in [0.4, 0.5) is 5.13 Å². The molecule has 2 aromatic rings. The lowest BCUT2D eigenvalue weighted by molar-refractivity contribution is -0.120. The summed E-state index contributed by atoms with van der Waals surface area (Å²) in [6.07, 6.45) is 4.54. The highest BCUT2D eigenvalue weighted by molar-refractivity contribution is 7.14. The lowest BCUT2D eigenvalue weighted by Crippen LogP contribution is -2.34. The summed E-state index contributed by atoms with van der Waals surface area (Å²) >= 11 is 1.41. The molecule has 0 bridgehead atoms. The zero-order valence-corrected chi connectivity index (χ0v) is 11.8. The molecule has 0 saturated heterocycles. The smallest absolute Gasteiger partial charge is 0.230 e. The van der Waals surface area contributed by atoms with Crippen molar-refractivity contribution in [2.75, 3.05) is 5.32 Å². The fraction of sp³-hybridized carbons (Fsp3) is 0.357. The summed E-state index contributed by atoms with van der Waals surface area (Å²) in [5.74, 6) is -0.103. The van der Waals surface area contributed by atoms with Crippen LogP contribution in [0.3, 0.4) is 0 Å². The van der Waals surface area contributed by atoms with E-state index in [0.717, 1.165) is 30.7 Å². The first-order valence-electron chi connectivity index (χ1n) is 6.67. The summed E-state index contributed by atoms with van der Waals surface area (Å²) in [4.78, 5) is 20.8. The molecule has 1 saturated carbocycles. The van der Waals surface area contributed by atoms with Crippen molar-refractivity contribution < 1.29 is 4.79 Å². The Hall–Kier alpha value is -1.79. The monoisotopic (exact) mass is 288 g/mol. The highest BCUT2D eigenvalue weighted by Crippen LogP contribution is 2.27. The molecule has 1 fully saturated rings. The molecule has 0 radical (unpaired) electrons. The molecule has 5 nitrogen and oxygen atoms in total. The second-order valence-electron chi connectivity index (χ2n) is 4.94. The summed E-state index contributed by atoms with van der Waals surface area (Å²) in [7, 11) is 0. The van der Waals surface area contributed by atoms with Gasteiger partial charge in [-0.2, -0.15) is 0 Å². The number of hydrogen-bond donors (Lipinski definition) is 2. The first kappa shape index (κ1) is 13.2. The van der Waals surface area contributed by atoms with Crippen molar-refractivity contribution in [1.82, 2.24) is 9.97 Å². The van der Waals surface area contributed by atoms with Gasteiger partial charge in [0.2, 0.25) is 5.91 Å². The summed E-state index contributed by atoms with van der Waals surface area (Å²) in [5, 5.41) is 5.37. The van der Waals surface area contributed by atoms with Crippen LogP contribution in [0.1, 0.15) is 19.3 Å². The van der Waals surface area contributed by atoms with Crippen molar-refractivity contribution in [3.8, 4) is 11.4 Å². The number of aromatic nitrogens is 2. The normalized spacial score (nSPS) is 21.9. The van der Waals surface area contributed by atoms with E-state index < -0.39 is 0 Å². The van der Waals surface area contributed by atoms with Crippen LogP contribution in [-0.4, -0.2) is 21.9 Å². The van der Waals surface area contributed by atoms with Crippen molar-refractivity contribution in [3.05, 3.63) is 29.8 Å². The van der Waals surface area contributed by atoms with Crippen molar-refractivity contribution in [3.63, 3.8) is 0 Å². The van der Waals surface area contributed by atoms with Crippen LogP contribution in [0.5, 0.6) is 0 Å². The van der Waals surface area contributed by atoms with E-state index in [1.165, 1.54) is 11.3 Å². The fourth-order valence-corrected chi connectivity index (χ4v) is 3.18. The number of nitrogens with zero attached hydrogens (tertiary/aromatic N) is 2. The van der Waals surface area contributed by atoms with Gasteiger partial charge in [0, 0.05) is 17.6 Å². The molecular formula is C14H16N4OS. The van der Waals surface area contributed by atoms with E-state index in [4.69, 9.17) is 5.73 Å². The first-order valence-corrected chi connectivity index (χ1v) is 7.55. The quantitative estimate of drug-likeness (QED) is 0.908. The van der Waals surface area contributed by atoms with E-state index >= 15 is 0 Å². The zero-order chi connectivity index (χ0) is 13.9. The fourth-order valence-electron chi connectivity index (χ4n) is 2.48. The van der Waals surface area contributed by atoms with Gasteiger partial charge in [-0.1, -0.05) is 12.5 Å². The van der Waals surface area contributed by atoms with E-state index in [-0.39, 0.29) is 17.9 Å². The predicted molar refractivity (Wildman–Crippen MR) is 79.3 cm³/mol. The average Bonchev–Trinajstić information content (AvgIpc) is 3.09. The van der Waals surface area contributed by atoms with Gasteiger partial charge in [0.15, 0.2) is 5.13 Å². The average molecular weight is 288 g/mol. The number of hydrogen-bond acceptors (Lipinski definition) is 5. The molecule has 3 rings (SSSR count). The molecule has 1 aliphatic carbocycles. The van der Waals surface area contributed by atoms with Crippen molar-refractivity contribution in [1.29, 1.82) is 0 Å². The van der Waals surface area contributed by atoms with Gasteiger partial charge in [-0.25, -0.2) is 4.98 Å². The molecule has 0 aliphatic heterocycles. The SMILES string of the molecule is NC1CCCC1C(=O)Nc1nc(-c2ccccn2)cs1. The van der Waals surface area contributed by atoms with E-state index in [1.54, 1.807) is 6.20 Å². The van der Waals surface area contributed by atoms with Gasteiger partial charge in [-0.15, -0.1) is 11.3 Å². The molecule has 3 N–H and O–H groups in total. The minimum Gasteiger partial charge on any atom is -0.327 e. The Kier molecular flexibility index (Phi) is 3.75. The second kappa shape index (κ2) is 5.68. The number of thiazole rings is 1. The molecule has 0 spiro atoms. The summed E-state index contributed by atoms with van der Waals surface area (Å²) in [6, 6.07) is 5.65. The highest BCUT2D eigenvalue weighted by Gasteiger charge is 2.30. The molecule has 1 amide bonds. The molecule has 104 valence electrons. The van der Waals surface area contributed by atoms with Crippen LogP contribution >= 0.6 is 11.3 Å². The maximum atomic E-state index is 12.1. The minimum absolute atomic E-state index is 0.0167. The van der Waals surface area contributed by atoms with Crippen LogP contribution in [0.25, 0.3) is 11.4 Å². The van der Waals surface area contributed by atoms with E-state index in [2.05, 4.69) is 15.3 Å². The lowest BCUT2D eigenvalue weighted by atomic mass is 10.0. The van der Waals surface area contributed by atoms with E-state index in [0.29, 0.717) is 5.13 Å². The number of amides is 1. The third-order valence-electron chi connectivity index (χ3n) is 3.57. The van der Waals surface area contributed by atoms with Gasteiger partial charge in [0.05, 0.1) is 11.6 Å². The molecule has 2 unspecified atom stereocenters. The largest absolute Gasteiger partial charge is 0.327 e. The van der Waals surface area contributed by atoms with Crippen LogP contribution in [-0.2, 0) is 4.79 Å². The van der Waals surface area contributed by atoms with Crippen LogP contribution in [0.2, 0.25) is 0 Å². The zero-order valence-electron chi connectivity index (χ0n) is 11.0. The lowest BCUT2D eigenvalue weighted by Gasteiger charge is -2.13. The minimum atomic E-state index is -0.0859.